The van der Waals surface area contributed by atoms with Gasteiger partial charge < -0.3 is 20.1 Å². The molecule has 2 atom stereocenters. The molecule has 0 aromatic heterocycles. The molecule has 0 unspecified atom stereocenters. The molecule has 3 rings (SSSR count). The van der Waals surface area contributed by atoms with Crippen LogP contribution in [0.15, 0.2) is 24.3 Å². The number of carbonyl (C=O) groups is 1. The fourth-order valence-electron chi connectivity index (χ4n) is 3.63. The van der Waals surface area contributed by atoms with Gasteiger partial charge in [-0.25, -0.2) is 0 Å². The summed E-state index contributed by atoms with van der Waals surface area (Å²) in [4.78, 5) is 13.6. The number of hydrogen-bond acceptors (Lipinski definition) is 5. The Morgan fingerprint density at radius 2 is 1.96 bits per heavy atom. The molecular formula is C19H29N3O3. The van der Waals surface area contributed by atoms with Crippen molar-refractivity contribution in [3.8, 4) is 0 Å². The Balaban J connectivity index is 1.51. The Kier molecular flexibility index (Phi) is 6.81. The molecule has 25 heavy (non-hydrogen) atoms. The Morgan fingerprint density at radius 3 is 2.60 bits per heavy atom. The molecule has 0 aliphatic carbocycles. The summed E-state index contributed by atoms with van der Waals surface area (Å²) in [6.45, 7) is 8.74. The number of amides is 1. The molecule has 1 amide bonds. The maximum absolute atomic E-state index is 11.1. The Labute approximate surface area is 149 Å². The molecule has 0 spiro atoms. The molecule has 138 valence electrons. The van der Waals surface area contributed by atoms with E-state index in [1.54, 1.807) is 0 Å². The molecule has 2 fully saturated rings. The zero-order chi connectivity index (χ0) is 17.5. The van der Waals surface area contributed by atoms with Gasteiger partial charge in [0.05, 0.1) is 19.8 Å². The monoisotopic (exact) mass is 347 g/mol. The number of nitrogens with one attached hydrogen (secondary N) is 2. The lowest BCUT2D eigenvalue weighted by molar-refractivity contribution is -0.114. The van der Waals surface area contributed by atoms with Gasteiger partial charge in [0.15, 0.2) is 0 Å². The van der Waals surface area contributed by atoms with E-state index in [2.05, 4.69) is 27.7 Å². The van der Waals surface area contributed by atoms with E-state index in [0.717, 1.165) is 64.7 Å². The first-order valence-electron chi connectivity index (χ1n) is 9.19. The van der Waals surface area contributed by atoms with Crippen molar-refractivity contribution >= 4 is 11.6 Å². The average molecular weight is 347 g/mol. The number of carbonyl (C=O) groups excluding carboxylic acids is 1. The average Bonchev–Trinajstić information content (AvgIpc) is 3.15. The minimum Gasteiger partial charge on any atom is -0.381 e. The van der Waals surface area contributed by atoms with Gasteiger partial charge in [0.25, 0.3) is 0 Å². The first-order chi connectivity index (χ1) is 12.2. The molecule has 0 saturated carbocycles. The summed E-state index contributed by atoms with van der Waals surface area (Å²) in [5.41, 5.74) is 2.06. The SMILES string of the molecule is CC(=O)Nc1ccc(CNC[C@H]([C@@H]2CCOC2)N2CCOCC2)cc1. The molecule has 2 aliphatic rings. The van der Waals surface area contributed by atoms with Gasteiger partial charge in [-0.3, -0.25) is 9.69 Å². The predicted molar refractivity (Wildman–Crippen MR) is 97.6 cm³/mol. The highest BCUT2D eigenvalue weighted by Gasteiger charge is 2.31. The second kappa shape index (κ2) is 9.29. The van der Waals surface area contributed by atoms with Crippen molar-refractivity contribution in [3.05, 3.63) is 29.8 Å². The van der Waals surface area contributed by atoms with Crippen LogP contribution < -0.4 is 10.6 Å². The largest absolute Gasteiger partial charge is 0.381 e. The van der Waals surface area contributed by atoms with Crippen molar-refractivity contribution in [1.29, 1.82) is 0 Å². The van der Waals surface area contributed by atoms with E-state index in [1.807, 2.05) is 12.1 Å². The van der Waals surface area contributed by atoms with Crippen LogP contribution in [-0.4, -0.2) is 62.9 Å². The number of anilines is 1. The van der Waals surface area contributed by atoms with Crippen LogP contribution in [0.4, 0.5) is 5.69 Å². The molecule has 2 saturated heterocycles. The van der Waals surface area contributed by atoms with Gasteiger partial charge in [-0.2, -0.15) is 0 Å². The summed E-state index contributed by atoms with van der Waals surface area (Å²) >= 11 is 0. The summed E-state index contributed by atoms with van der Waals surface area (Å²) in [6.07, 6.45) is 1.15. The molecular weight excluding hydrogens is 318 g/mol. The van der Waals surface area contributed by atoms with Crippen LogP contribution in [0.3, 0.4) is 0 Å². The normalized spacial score (nSPS) is 22.7. The predicted octanol–water partition coefficient (Wildman–Crippen LogP) is 1.47. The van der Waals surface area contributed by atoms with Crippen LogP contribution in [0.5, 0.6) is 0 Å². The quantitative estimate of drug-likeness (QED) is 0.782. The number of ether oxygens (including phenoxy) is 2. The molecule has 0 bridgehead atoms. The van der Waals surface area contributed by atoms with Gasteiger partial charge in [0, 0.05) is 57.4 Å². The number of benzene rings is 1. The van der Waals surface area contributed by atoms with E-state index < -0.39 is 0 Å². The van der Waals surface area contributed by atoms with E-state index in [4.69, 9.17) is 9.47 Å². The maximum atomic E-state index is 11.1. The standard InChI is InChI=1S/C19H29N3O3/c1-15(23)21-18-4-2-16(3-5-18)12-20-13-19(17-6-9-25-14-17)22-7-10-24-11-8-22/h2-5,17,19-20H,6-14H2,1H3,(H,21,23)/t17-,19-/m1/s1. The van der Waals surface area contributed by atoms with Crippen LogP contribution in [0, 0.1) is 5.92 Å². The van der Waals surface area contributed by atoms with Crippen molar-refractivity contribution in [3.63, 3.8) is 0 Å². The maximum Gasteiger partial charge on any atom is 0.221 e. The lowest BCUT2D eigenvalue weighted by Crippen LogP contribution is -2.51. The van der Waals surface area contributed by atoms with Crippen molar-refractivity contribution in [2.45, 2.75) is 25.9 Å². The zero-order valence-electron chi connectivity index (χ0n) is 15.0. The third kappa shape index (κ3) is 5.51. The lowest BCUT2D eigenvalue weighted by atomic mass is 9.96. The molecule has 2 aliphatic heterocycles. The first kappa shape index (κ1) is 18.3. The minimum absolute atomic E-state index is 0.0435. The summed E-state index contributed by atoms with van der Waals surface area (Å²) in [5.74, 6) is 0.561. The van der Waals surface area contributed by atoms with E-state index in [-0.39, 0.29) is 5.91 Å². The second-order valence-corrected chi connectivity index (χ2v) is 6.85. The number of morpholine rings is 1. The number of rotatable bonds is 7. The van der Waals surface area contributed by atoms with Crippen molar-refractivity contribution < 1.29 is 14.3 Å². The molecule has 2 N–H and O–H groups in total. The first-order valence-corrected chi connectivity index (χ1v) is 9.19. The summed E-state index contributed by atoms with van der Waals surface area (Å²) < 4.78 is 11.1. The van der Waals surface area contributed by atoms with Crippen LogP contribution in [0.1, 0.15) is 18.9 Å². The highest BCUT2D eigenvalue weighted by molar-refractivity contribution is 5.88. The summed E-state index contributed by atoms with van der Waals surface area (Å²) in [5, 5.41) is 6.41. The number of nitrogens with zero attached hydrogens (tertiary/aromatic N) is 1. The van der Waals surface area contributed by atoms with Crippen LogP contribution in [-0.2, 0) is 20.8 Å². The molecule has 1 aromatic rings. The highest BCUT2D eigenvalue weighted by atomic mass is 16.5. The van der Waals surface area contributed by atoms with Gasteiger partial charge in [-0.15, -0.1) is 0 Å². The van der Waals surface area contributed by atoms with Crippen molar-refractivity contribution in [1.82, 2.24) is 10.2 Å². The lowest BCUT2D eigenvalue weighted by Gasteiger charge is -2.37. The molecule has 0 radical (unpaired) electrons. The Morgan fingerprint density at radius 1 is 1.20 bits per heavy atom. The van der Waals surface area contributed by atoms with Crippen LogP contribution in [0.25, 0.3) is 0 Å². The summed E-state index contributed by atoms with van der Waals surface area (Å²) in [7, 11) is 0. The van der Waals surface area contributed by atoms with E-state index in [0.29, 0.717) is 12.0 Å². The fourth-order valence-corrected chi connectivity index (χ4v) is 3.63. The van der Waals surface area contributed by atoms with Gasteiger partial charge in [-0.1, -0.05) is 12.1 Å². The highest BCUT2D eigenvalue weighted by Crippen LogP contribution is 2.22. The van der Waals surface area contributed by atoms with Crippen molar-refractivity contribution in [2.24, 2.45) is 5.92 Å². The Hall–Kier alpha value is -1.47. The summed E-state index contributed by atoms with van der Waals surface area (Å²) in [6, 6.07) is 8.51. The Bertz CT molecular complexity index is 537. The van der Waals surface area contributed by atoms with Crippen LogP contribution in [0.2, 0.25) is 0 Å². The molecule has 2 heterocycles. The van der Waals surface area contributed by atoms with Crippen LogP contribution >= 0.6 is 0 Å². The van der Waals surface area contributed by atoms with E-state index in [9.17, 15) is 4.79 Å². The second-order valence-electron chi connectivity index (χ2n) is 6.85. The smallest absolute Gasteiger partial charge is 0.221 e. The zero-order valence-corrected chi connectivity index (χ0v) is 15.0. The van der Waals surface area contributed by atoms with E-state index in [1.165, 1.54) is 12.5 Å². The van der Waals surface area contributed by atoms with Gasteiger partial charge in [-0.05, 0) is 24.1 Å². The minimum atomic E-state index is -0.0435. The molecule has 1 aromatic carbocycles. The van der Waals surface area contributed by atoms with E-state index >= 15 is 0 Å². The third-order valence-electron chi connectivity index (χ3n) is 4.98. The number of hydrogen-bond donors (Lipinski definition) is 2. The third-order valence-corrected chi connectivity index (χ3v) is 4.98. The fraction of sp³-hybridized carbons (Fsp3) is 0.632. The van der Waals surface area contributed by atoms with Crippen molar-refractivity contribution in [2.75, 3.05) is 51.4 Å². The van der Waals surface area contributed by atoms with Gasteiger partial charge >= 0.3 is 0 Å². The van der Waals surface area contributed by atoms with Gasteiger partial charge in [0.2, 0.25) is 5.91 Å². The molecule has 6 nitrogen and oxygen atoms in total. The molecule has 6 heteroatoms. The topological polar surface area (TPSA) is 62.8 Å². The van der Waals surface area contributed by atoms with Gasteiger partial charge in [0.1, 0.15) is 0 Å².